The third-order valence-electron chi connectivity index (χ3n) is 4.22. The van der Waals surface area contributed by atoms with Crippen molar-refractivity contribution in [2.75, 3.05) is 0 Å². The summed E-state index contributed by atoms with van der Waals surface area (Å²) < 4.78 is 41.9. The van der Waals surface area contributed by atoms with Crippen LogP contribution in [-0.2, 0) is 0 Å². The Bertz CT molecular complexity index is 1230. The number of nitrogens with zero attached hydrogens (tertiary/aromatic N) is 1. The van der Waals surface area contributed by atoms with Crippen LogP contribution in [-0.4, -0.2) is 21.6 Å². The van der Waals surface area contributed by atoms with Crippen molar-refractivity contribution >= 4 is 33.7 Å². The molecule has 4 rings (SSSR count). The molecule has 0 radical (unpaired) electrons. The fourth-order valence-electron chi connectivity index (χ4n) is 2.82. The number of phenolic OH excluding ortho intramolecular Hbond substituents is 2. The zero-order chi connectivity index (χ0) is 21.3. The summed E-state index contributed by atoms with van der Waals surface area (Å²) in [6.07, 6.45) is -1.62. The highest BCUT2D eigenvalue weighted by Crippen LogP contribution is 2.33. The Morgan fingerprint density at radius 1 is 0.900 bits per heavy atom. The summed E-state index contributed by atoms with van der Waals surface area (Å²) in [5, 5.41) is 20.3. The molecule has 0 saturated heterocycles. The molecule has 0 spiro atoms. The molecule has 0 aliphatic rings. The maximum atomic E-state index is 12.4. The first-order valence-corrected chi connectivity index (χ1v) is 9.55. The van der Waals surface area contributed by atoms with Gasteiger partial charge in [-0.3, -0.25) is 0 Å². The zero-order valence-corrected chi connectivity index (χ0v) is 16.0. The van der Waals surface area contributed by atoms with Crippen LogP contribution in [0.4, 0.5) is 13.2 Å². The number of hydrogen-bond acceptors (Lipinski definition) is 5. The molecular formula is C22H14F3NO3S. The largest absolute Gasteiger partial charge is 0.573 e. The summed E-state index contributed by atoms with van der Waals surface area (Å²) in [5.74, 6) is -0.376. The second-order valence-corrected chi connectivity index (χ2v) is 7.43. The number of phenols is 2. The number of rotatable bonds is 4. The summed E-state index contributed by atoms with van der Waals surface area (Å²) in [4.78, 5) is 4.55. The van der Waals surface area contributed by atoms with Gasteiger partial charge in [0, 0.05) is 11.1 Å². The molecule has 0 saturated carbocycles. The first-order chi connectivity index (χ1) is 14.3. The number of ether oxygens (including phenoxy) is 1. The summed E-state index contributed by atoms with van der Waals surface area (Å²) >= 11 is 1.46. The topological polar surface area (TPSA) is 62.6 Å². The van der Waals surface area contributed by atoms with Crippen LogP contribution in [0.2, 0.25) is 0 Å². The summed E-state index contributed by atoms with van der Waals surface area (Å²) in [7, 11) is 0. The molecule has 0 unspecified atom stereocenters. The van der Waals surface area contributed by atoms with E-state index in [2.05, 4.69) is 9.72 Å². The Morgan fingerprint density at radius 2 is 1.67 bits per heavy atom. The molecule has 4 aromatic rings. The van der Waals surface area contributed by atoms with Crippen molar-refractivity contribution in [3.8, 4) is 27.8 Å². The summed E-state index contributed by atoms with van der Waals surface area (Å²) in [5.41, 5.74) is 2.69. The van der Waals surface area contributed by atoms with E-state index in [1.807, 2.05) is 24.3 Å². The van der Waals surface area contributed by atoms with Gasteiger partial charge in [0.15, 0.2) is 0 Å². The molecule has 0 atom stereocenters. The average Bonchev–Trinajstić information content (AvgIpc) is 3.11. The molecule has 4 nitrogen and oxygen atoms in total. The van der Waals surface area contributed by atoms with Crippen molar-refractivity contribution in [1.29, 1.82) is 0 Å². The van der Waals surface area contributed by atoms with Gasteiger partial charge in [-0.2, -0.15) is 0 Å². The molecule has 0 bridgehead atoms. The van der Waals surface area contributed by atoms with Crippen molar-refractivity contribution in [2.24, 2.45) is 0 Å². The lowest BCUT2D eigenvalue weighted by Crippen LogP contribution is -2.17. The number of aromatic hydroxyl groups is 2. The number of hydrogen-bond donors (Lipinski definition) is 2. The second-order valence-electron chi connectivity index (χ2n) is 6.39. The number of thiazole rings is 1. The van der Waals surface area contributed by atoms with E-state index in [1.165, 1.54) is 17.4 Å². The van der Waals surface area contributed by atoms with Gasteiger partial charge in [-0.05, 0) is 42.0 Å². The van der Waals surface area contributed by atoms with E-state index in [-0.39, 0.29) is 17.1 Å². The standard InChI is InChI=1S/C22H14F3NO3S/c23-22(24,25)29-17-8-10-19(28)15(11-17)6-3-13-1-4-14(5-2-13)21-26-18-9-7-16(27)12-20(18)30-21/h1-12,27-28H. The molecule has 0 aliphatic heterocycles. The van der Waals surface area contributed by atoms with Gasteiger partial charge in [0.05, 0.1) is 10.2 Å². The van der Waals surface area contributed by atoms with Crippen LogP contribution in [0.3, 0.4) is 0 Å². The van der Waals surface area contributed by atoms with Crippen LogP contribution >= 0.6 is 11.3 Å². The molecule has 3 aromatic carbocycles. The highest BCUT2D eigenvalue weighted by molar-refractivity contribution is 7.21. The van der Waals surface area contributed by atoms with Crippen molar-refractivity contribution in [2.45, 2.75) is 6.36 Å². The number of benzene rings is 3. The molecule has 8 heteroatoms. The minimum absolute atomic E-state index is 0.157. The molecule has 0 fully saturated rings. The monoisotopic (exact) mass is 429 g/mol. The van der Waals surface area contributed by atoms with Crippen molar-refractivity contribution in [3.05, 3.63) is 71.8 Å². The van der Waals surface area contributed by atoms with Crippen molar-refractivity contribution in [3.63, 3.8) is 0 Å². The van der Waals surface area contributed by atoms with Crippen LogP contribution in [0.5, 0.6) is 17.2 Å². The first kappa shape index (κ1) is 19.8. The van der Waals surface area contributed by atoms with Gasteiger partial charge in [0.1, 0.15) is 22.3 Å². The number of halogens is 3. The van der Waals surface area contributed by atoms with Gasteiger partial charge in [-0.15, -0.1) is 24.5 Å². The highest BCUT2D eigenvalue weighted by Gasteiger charge is 2.31. The maximum absolute atomic E-state index is 12.4. The van der Waals surface area contributed by atoms with Crippen molar-refractivity contribution < 1.29 is 28.1 Å². The fourth-order valence-corrected chi connectivity index (χ4v) is 3.83. The smallest absolute Gasteiger partial charge is 0.508 e. The number of fused-ring (bicyclic) bond motifs is 1. The van der Waals surface area contributed by atoms with E-state index in [0.717, 1.165) is 44.6 Å². The van der Waals surface area contributed by atoms with Crippen molar-refractivity contribution in [1.82, 2.24) is 4.98 Å². The van der Waals surface area contributed by atoms with Crippen LogP contribution in [0, 0.1) is 0 Å². The fraction of sp³-hybridized carbons (Fsp3) is 0.0455. The quantitative estimate of drug-likeness (QED) is 0.366. The Labute approximate surface area is 173 Å². The van der Waals surface area contributed by atoms with Crippen LogP contribution < -0.4 is 4.74 Å². The molecule has 0 amide bonds. The number of aromatic nitrogens is 1. The zero-order valence-electron chi connectivity index (χ0n) is 15.2. The summed E-state index contributed by atoms with van der Waals surface area (Å²) in [6.45, 7) is 0. The van der Waals surface area contributed by atoms with Crippen LogP contribution in [0.15, 0.2) is 60.7 Å². The van der Waals surface area contributed by atoms with Gasteiger partial charge >= 0.3 is 6.36 Å². The summed E-state index contributed by atoms with van der Waals surface area (Å²) in [6, 6.07) is 15.7. The maximum Gasteiger partial charge on any atom is 0.573 e. The third-order valence-corrected chi connectivity index (χ3v) is 5.28. The van der Waals surface area contributed by atoms with Gasteiger partial charge in [-0.1, -0.05) is 36.4 Å². The predicted molar refractivity (Wildman–Crippen MR) is 110 cm³/mol. The molecule has 1 aromatic heterocycles. The second kappa shape index (κ2) is 7.72. The minimum Gasteiger partial charge on any atom is -0.508 e. The molecule has 30 heavy (non-hydrogen) atoms. The van der Waals surface area contributed by atoms with E-state index in [9.17, 15) is 23.4 Å². The van der Waals surface area contributed by atoms with Gasteiger partial charge in [0.2, 0.25) is 0 Å². The molecule has 1 heterocycles. The predicted octanol–water partition coefficient (Wildman–Crippen LogP) is 6.44. The van der Waals surface area contributed by atoms with Crippen LogP contribution in [0.1, 0.15) is 11.1 Å². The van der Waals surface area contributed by atoms with E-state index in [1.54, 1.807) is 24.3 Å². The van der Waals surface area contributed by atoms with Gasteiger partial charge in [0.25, 0.3) is 0 Å². The lowest BCUT2D eigenvalue weighted by atomic mass is 10.1. The Hall–Kier alpha value is -3.52. The van der Waals surface area contributed by atoms with Crippen LogP contribution in [0.25, 0.3) is 32.9 Å². The molecule has 2 N–H and O–H groups in total. The normalized spacial score (nSPS) is 12.0. The lowest BCUT2D eigenvalue weighted by molar-refractivity contribution is -0.274. The Kier molecular flexibility index (Phi) is 5.09. The first-order valence-electron chi connectivity index (χ1n) is 8.74. The van der Waals surface area contributed by atoms with E-state index in [4.69, 9.17) is 0 Å². The van der Waals surface area contributed by atoms with E-state index >= 15 is 0 Å². The lowest BCUT2D eigenvalue weighted by Gasteiger charge is -2.09. The van der Waals surface area contributed by atoms with Gasteiger partial charge in [-0.25, -0.2) is 4.98 Å². The Morgan fingerprint density at radius 3 is 2.40 bits per heavy atom. The number of alkyl halides is 3. The Balaban J connectivity index is 1.54. The van der Waals surface area contributed by atoms with E-state index < -0.39 is 12.1 Å². The molecule has 0 aliphatic carbocycles. The molecular weight excluding hydrogens is 415 g/mol. The van der Waals surface area contributed by atoms with E-state index in [0.29, 0.717) is 0 Å². The minimum atomic E-state index is -4.80. The van der Waals surface area contributed by atoms with Gasteiger partial charge < -0.3 is 14.9 Å². The highest BCUT2D eigenvalue weighted by atomic mass is 32.1. The third kappa shape index (κ3) is 4.55. The SMILES string of the molecule is Oc1ccc2nc(-c3ccc(C=Cc4cc(OC(F)(F)F)ccc4O)cc3)sc2c1. The molecule has 152 valence electrons. The average molecular weight is 429 g/mol.